The first-order chi connectivity index (χ1) is 15.3. The zero-order valence-electron chi connectivity index (χ0n) is 17.6. The van der Waals surface area contributed by atoms with Gasteiger partial charge < -0.3 is 0 Å². The van der Waals surface area contributed by atoms with Crippen LogP contribution in [0, 0.1) is 6.92 Å². The Morgan fingerprint density at radius 2 is 1.19 bits per heavy atom. The molecule has 1 aromatic heterocycles. The van der Waals surface area contributed by atoms with E-state index in [1.165, 1.54) is 22.3 Å². The number of para-hydroxylation sites is 1. The number of hydrogen-bond acceptors (Lipinski definition) is 1. The van der Waals surface area contributed by atoms with Gasteiger partial charge in [-0.1, -0.05) is 109 Å². The second kappa shape index (κ2) is 8.45. The molecule has 0 aliphatic carbocycles. The summed E-state index contributed by atoms with van der Waals surface area (Å²) >= 11 is 0. The summed E-state index contributed by atoms with van der Waals surface area (Å²) < 4.78 is 2.10. The molecular weight excluding hydrogens is 376 g/mol. The van der Waals surface area contributed by atoms with Gasteiger partial charge in [-0.05, 0) is 24.6 Å². The second-order valence-electron chi connectivity index (χ2n) is 7.82. The molecule has 2 nitrogen and oxygen atoms in total. The van der Waals surface area contributed by atoms with Gasteiger partial charge in [0, 0.05) is 23.1 Å². The molecule has 150 valence electrons. The van der Waals surface area contributed by atoms with Crippen molar-refractivity contribution in [1.82, 2.24) is 9.78 Å². The molecular formula is C29H24N2. The summed E-state index contributed by atoms with van der Waals surface area (Å²) in [6.07, 6.45) is 0.821. The minimum Gasteiger partial charge on any atom is -0.232 e. The fourth-order valence-corrected chi connectivity index (χ4v) is 4.01. The van der Waals surface area contributed by atoms with Gasteiger partial charge in [-0.3, -0.25) is 0 Å². The summed E-state index contributed by atoms with van der Waals surface area (Å²) in [5, 5.41) is 5.16. The zero-order valence-corrected chi connectivity index (χ0v) is 17.6. The molecule has 1 heterocycles. The van der Waals surface area contributed by atoms with Gasteiger partial charge >= 0.3 is 0 Å². The molecule has 0 radical (unpaired) electrons. The average Bonchev–Trinajstić information content (AvgIpc) is 3.20. The smallest absolute Gasteiger partial charge is 0.0969 e. The van der Waals surface area contributed by atoms with Gasteiger partial charge in [-0.2, -0.15) is 5.10 Å². The maximum absolute atomic E-state index is 5.16. The Hall–Kier alpha value is -3.91. The lowest BCUT2D eigenvalue weighted by Crippen LogP contribution is -2.00. The van der Waals surface area contributed by atoms with Crippen molar-refractivity contribution in [2.45, 2.75) is 13.3 Å². The zero-order chi connectivity index (χ0) is 21.0. The topological polar surface area (TPSA) is 17.8 Å². The Morgan fingerprint density at radius 1 is 0.613 bits per heavy atom. The summed E-state index contributed by atoms with van der Waals surface area (Å²) in [7, 11) is 0. The van der Waals surface area contributed by atoms with Crippen LogP contribution >= 0.6 is 0 Å². The van der Waals surface area contributed by atoms with Crippen molar-refractivity contribution in [2.24, 2.45) is 0 Å². The highest BCUT2D eigenvalue weighted by Gasteiger charge is 2.21. The molecule has 5 rings (SSSR count). The molecule has 0 aliphatic heterocycles. The molecule has 0 N–H and O–H groups in total. The van der Waals surface area contributed by atoms with E-state index in [2.05, 4.69) is 121 Å². The molecule has 0 unspecified atom stereocenters. The number of aryl methyl sites for hydroxylation is 1. The molecule has 0 spiro atoms. The summed E-state index contributed by atoms with van der Waals surface area (Å²) in [4.78, 5) is 0. The van der Waals surface area contributed by atoms with Crippen LogP contribution in [0.2, 0.25) is 0 Å². The van der Waals surface area contributed by atoms with Gasteiger partial charge in [-0.25, -0.2) is 4.68 Å². The van der Waals surface area contributed by atoms with Gasteiger partial charge in [0.05, 0.1) is 17.1 Å². The lowest BCUT2D eigenvalue weighted by Gasteiger charge is -2.11. The molecule has 2 heteroatoms. The van der Waals surface area contributed by atoms with Crippen molar-refractivity contribution in [2.75, 3.05) is 0 Å². The molecule has 0 saturated carbocycles. The number of aromatic nitrogens is 2. The first kappa shape index (κ1) is 19.1. The molecule has 0 atom stereocenters. The molecule has 0 bridgehead atoms. The minimum atomic E-state index is 0.821. The van der Waals surface area contributed by atoms with Crippen molar-refractivity contribution in [1.29, 1.82) is 0 Å². The van der Waals surface area contributed by atoms with E-state index in [0.717, 1.165) is 29.1 Å². The first-order valence-corrected chi connectivity index (χ1v) is 10.6. The summed E-state index contributed by atoms with van der Waals surface area (Å²) in [5.74, 6) is 0. The number of hydrogen-bond donors (Lipinski definition) is 0. The largest absolute Gasteiger partial charge is 0.232 e. The van der Waals surface area contributed by atoms with Gasteiger partial charge in [0.15, 0.2) is 0 Å². The van der Waals surface area contributed by atoms with Crippen LogP contribution in [0.3, 0.4) is 0 Å². The molecule has 0 aliphatic rings. The highest BCUT2D eigenvalue weighted by atomic mass is 15.3. The quantitative estimate of drug-likeness (QED) is 0.307. The van der Waals surface area contributed by atoms with E-state index in [4.69, 9.17) is 5.10 Å². The predicted molar refractivity (Wildman–Crippen MR) is 128 cm³/mol. The van der Waals surface area contributed by atoms with E-state index in [9.17, 15) is 0 Å². The van der Waals surface area contributed by atoms with E-state index in [0.29, 0.717) is 0 Å². The third-order valence-corrected chi connectivity index (χ3v) is 5.58. The monoisotopic (exact) mass is 400 g/mol. The van der Waals surface area contributed by atoms with Crippen molar-refractivity contribution >= 4 is 0 Å². The Balaban J connectivity index is 1.80. The van der Waals surface area contributed by atoms with E-state index in [-0.39, 0.29) is 0 Å². The molecule has 31 heavy (non-hydrogen) atoms. The van der Waals surface area contributed by atoms with Crippen LogP contribution in [-0.4, -0.2) is 9.78 Å². The number of benzene rings is 4. The van der Waals surface area contributed by atoms with Crippen LogP contribution < -0.4 is 0 Å². The maximum atomic E-state index is 5.16. The van der Waals surface area contributed by atoms with Gasteiger partial charge in [0.1, 0.15) is 0 Å². The SMILES string of the molecule is Cc1ccc(-c2c(Cc3ccccc3)c(-c3ccccc3)nn2-c2ccccc2)cc1. The Kier molecular flexibility index (Phi) is 5.20. The van der Waals surface area contributed by atoms with Crippen LogP contribution in [0.5, 0.6) is 0 Å². The standard InChI is InChI=1S/C29H24N2/c1-22-17-19-25(20-18-22)29-27(21-23-11-5-2-6-12-23)28(24-13-7-3-8-14-24)30-31(29)26-15-9-4-10-16-26/h2-20H,21H2,1H3. The van der Waals surface area contributed by atoms with E-state index >= 15 is 0 Å². The predicted octanol–water partition coefficient (Wildman–Crippen LogP) is 7.11. The average molecular weight is 401 g/mol. The van der Waals surface area contributed by atoms with Gasteiger partial charge in [0.2, 0.25) is 0 Å². The normalized spacial score (nSPS) is 10.9. The number of rotatable bonds is 5. The van der Waals surface area contributed by atoms with Crippen molar-refractivity contribution in [3.63, 3.8) is 0 Å². The first-order valence-electron chi connectivity index (χ1n) is 10.6. The van der Waals surface area contributed by atoms with Crippen molar-refractivity contribution < 1.29 is 0 Å². The van der Waals surface area contributed by atoms with Crippen LogP contribution in [-0.2, 0) is 6.42 Å². The van der Waals surface area contributed by atoms with Gasteiger partial charge in [-0.15, -0.1) is 0 Å². The maximum Gasteiger partial charge on any atom is 0.0969 e. The highest BCUT2D eigenvalue weighted by molar-refractivity contribution is 5.77. The van der Waals surface area contributed by atoms with Crippen LogP contribution in [0.4, 0.5) is 0 Å². The van der Waals surface area contributed by atoms with Crippen molar-refractivity contribution in [3.8, 4) is 28.2 Å². The van der Waals surface area contributed by atoms with Crippen LogP contribution in [0.1, 0.15) is 16.7 Å². The molecule has 4 aromatic carbocycles. The molecule has 0 fully saturated rings. The molecule has 5 aromatic rings. The van der Waals surface area contributed by atoms with Crippen LogP contribution in [0.15, 0.2) is 115 Å². The summed E-state index contributed by atoms with van der Waals surface area (Å²) in [6.45, 7) is 2.12. The third-order valence-electron chi connectivity index (χ3n) is 5.58. The highest BCUT2D eigenvalue weighted by Crippen LogP contribution is 2.36. The fraction of sp³-hybridized carbons (Fsp3) is 0.0690. The minimum absolute atomic E-state index is 0.821. The van der Waals surface area contributed by atoms with E-state index in [1.807, 2.05) is 6.07 Å². The van der Waals surface area contributed by atoms with Crippen molar-refractivity contribution in [3.05, 3.63) is 132 Å². The van der Waals surface area contributed by atoms with Crippen LogP contribution in [0.25, 0.3) is 28.2 Å². The Morgan fingerprint density at radius 3 is 1.84 bits per heavy atom. The Labute approximate surface area is 183 Å². The van der Waals surface area contributed by atoms with Gasteiger partial charge in [0.25, 0.3) is 0 Å². The Bertz CT molecular complexity index is 1270. The van der Waals surface area contributed by atoms with E-state index < -0.39 is 0 Å². The second-order valence-corrected chi connectivity index (χ2v) is 7.82. The van der Waals surface area contributed by atoms with E-state index in [1.54, 1.807) is 0 Å². The molecule has 0 saturated heterocycles. The lowest BCUT2D eigenvalue weighted by molar-refractivity contribution is 0.891. The fourth-order valence-electron chi connectivity index (χ4n) is 4.01. The summed E-state index contributed by atoms with van der Waals surface area (Å²) in [5.41, 5.74) is 9.33. The summed E-state index contributed by atoms with van der Waals surface area (Å²) in [6, 6.07) is 40.3. The molecule has 0 amide bonds. The third kappa shape index (κ3) is 3.93. The number of nitrogens with zero attached hydrogens (tertiary/aromatic N) is 2. The lowest BCUT2D eigenvalue weighted by atomic mass is 9.95.